The van der Waals surface area contributed by atoms with Gasteiger partial charge in [-0.05, 0) is 43.9 Å². The van der Waals surface area contributed by atoms with E-state index in [1.54, 1.807) is 21.9 Å². The van der Waals surface area contributed by atoms with Gasteiger partial charge in [0, 0.05) is 30.6 Å². The number of anilines is 1. The number of carbonyl (C=O) groups is 3. The number of amides is 3. The van der Waals surface area contributed by atoms with Crippen LogP contribution in [0.4, 0.5) is 10.2 Å². The number of nitrogens with zero attached hydrogens (tertiary/aromatic N) is 4. The van der Waals surface area contributed by atoms with Crippen LogP contribution in [0.2, 0.25) is 0 Å². The first-order valence-corrected chi connectivity index (χ1v) is 10.8. The van der Waals surface area contributed by atoms with E-state index in [4.69, 9.17) is 10.7 Å². The normalized spacial score (nSPS) is 18.1. The zero-order valence-corrected chi connectivity index (χ0v) is 18.0. The highest BCUT2D eigenvalue weighted by Crippen LogP contribution is 2.35. The van der Waals surface area contributed by atoms with Crippen LogP contribution in [0.15, 0.2) is 24.3 Å². The molecule has 3 heterocycles. The van der Waals surface area contributed by atoms with Crippen molar-refractivity contribution in [2.75, 3.05) is 11.4 Å². The van der Waals surface area contributed by atoms with Gasteiger partial charge in [-0.15, -0.1) is 0 Å². The summed E-state index contributed by atoms with van der Waals surface area (Å²) in [5.41, 5.74) is 7.50. The lowest BCUT2D eigenvalue weighted by Crippen LogP contribution is -2.39. The number of rotatable bonds is 6. The minimum absolute atomic E-state index is 0.00603. The van der Waals surface area contributed by atoms with Crippen molar-refractivity contribution in [1.29, 1.82) is 0 Å². The molecule has 2 aliphatic heterocycles. The van der Waals surface area contributed by atoms with E-state index in [-0.39, 0.29) is 49.5 Å². The summed E-state index contributed by atoms with van der Waals surface area (Å²) in [6.45, 7) is 2.70. The molecule has 0 spiro atoms. The summed E-state index contributed by atoms with van der Waals surface area (Å²) in [6.07, 6.45) is 2.80. The molecular formula is C23H26FN5O3. The standard InChI is InChI=1S/C23H26FN5O3/c1-14-17-12-21(32)29(13-15-5-7-16(24)8-6-15)23(17)27-22(26-14)18-4-2-3-11-28(18)20(31)10-9-19(25)30/h5-8,18H,2-4,9-13H2,1H3,(H2,25,30)/t18-/m1/s1. The van der Waals surface area contributed by atoms with Crippen LogP contribution >= 0.6 is 0 Å². The number of halogens is 1. The van der Waals surface area contributed by atoms with Gasteiger partial charge in [0.2, 0.25) is 17.7 Å². The number of hydrogen-bond donors (Lipinski definition) is 1. The predicted molar refractivity (Wildman–Crippen MR) is 115 cm³/mol. The van der Waals surface area contributed by atoms with Gasteiger partial charge in [-0.3, -0.25) is 19.3 Å². The molecule has 1 atom stereocenters. The zero-order chi connectivity index (χ0) is 22.8. The molecule has 0 unspecified atom stereocenters. The van der Waals surface area contributed by atoms with E-state index in [0.29, 0.717) is 24.6 Å². The third-order valence-electron chi connectivity index (χ3n) is 6.05. The van der Waals surface area contributed by atoms with Gasteiger partial charge < -0.3 is 10.6 Å². The summed E-state index contributed by atoms with van der Waals surface area (Å²) < 4.78 is 13.3. The second kappa shape index (κ2) is 9.02. The molecule has 2 aromatic rings. The van der Waals surface area contributed by atoms with Crippen molar-refractivity contribution < 1.29 is 18.8 Å². The van der Waals surface area contributed by atoms with Crippen LogP contribution in [-0.2, 0) is 27.3 Å². The lowest BCUT2D eigenvalue weighted by atomic mass is 10.00. The molecule has 168 valence electrons. The van der Waals surface area contributed by atoms with Crippen molar-refractivity contribution in [2.24, 2.45) is 5.73 Å². The summed E-state index contributed by atoms with van der Waals surface area (Å²) in [4.78, 5) is 49.3. The number of likely N-dealkylation sites (tertiary alicyclic amines) is 1. The van der Waals surface area contributed by atoms with Gasteiger partial charge in [-0.25, -0.2) is 14.4 Å². The summed E-state index contributed by atoms with van der Waals surface area (Å²) in [7, 11) is 0. The molecule has 0 radical (unpaired) electrons. The monoisotopic (exact) mass is 439 g/mol. The van der Waals surface area contributed by atoms with Crippen LogP contribution in [0, 0.1) is 12.7 Å². The number of fused-ring (bicyclic) bond motifs is 1. The predicted octanol–water partition coefficient (Wildman–Crippen LogP) is 2.33. The summed E-state index contributed by atoms with van der Waals surface area (Å²) >= 11 is 0. The molecule has 2 N–H and O–H groups in total. The fourth-order valence-electron chi connectivity index (χ4n) is 4.35. The third-order valence-corrected chi connectivity index (χ3v) is 6.05. The largest absolute Gasteiger partial charge is 0.370 e. The lowest BCUT2D eigenvalue weighted by molar-refractivity contribution is -0.136. The molecule has 1 aromatic carbocycles. The van der Waals surface area contributed by atoms with Crippen molar-refractivity contribution in [3.8, 4) is 0 Å². The maximum Gasteiger partial charge on any atom is 0.233 e. The highest BCUT2D eigenvalue weighted by molar-refractivity contribution is 6.00. The van der Waals surface area contributed by atoms with Gasteiger partial charge >= 0.3 is 0 Å². The molecule has 8 nitrogen and oxygen atoms in total. The van der Waals surface area contributed by atoms with Crippen molar-refractivity contribution >= 4 is 23.5 Å². The van der Waals surface area contributed by atoms with Crippen LogP contribution in [0.5, 0.6) is 0 Å². The Hall–Kier alpha value is -3.36. The minimum atomic E-state index is -0.508. The van der Waals surface area contributed by atoms with E-state index in [1.165, 1.54) is 12.1 Å². The molecular weight excluding hydrogens is 413 g/mol. The van der Waals surface area contributed by atoms with Crippen molar-refractivity contribution in [3.63, 3.8) is 0 Å². The van der Waals surface area contributed by atoms with E-state index >= 15 is 0 Å². The third kappa shape index (κ3) is 4.46. The van der Waals surface area contributed by atoms with Crippen LogP contribution in [0.3, 0.4) is 0 Å². The fourth-order valence-corrected chi connectivity index (χ4v) is 4.35. The van der Waals surface area contributed by atoms with Gasteiger partial charge in [-0.1, -0.05) is 12.1 Å². The van der Waals surface area contributed by atoms with Crippen molar-refractivity contribution in [2.45, 2.75) is 58.0 Å². The van der Waals surface area contributed by atoms with Gasteiger partial charge in [0.1, 0.15) is 11.6 Å². The molecule has 1 saturated heterocycles. The maximum absolute atomic E-state index is 13.3. The molecule has 0 saturated carbocycles. The Kier molecular flexibility index (Phi) is 6.16. The maximum atomic E-state index is 13.3. The molecule has 2 aliphatic rings. The number of hydrogen-bond acceptors (Lipinski definition) is 5. The average molecular weight is 439 g/mol. The highest BCUT2D eigenvalue weighted by Gasteiger charge is 2.35. The van der Waals surface area contributed by atoms with Gasteiger partial charge in [-0.2, -0.15) is 0 Å². The Morgan fingerprint density at radius 2 is 1.91 bits per heavy atom. The number of carbonyl (C=O) groups excluding carboxylic acids is 3. The Bertz CT molecular complexity index is 1060. The zero-order valence-electron chi connectivity index (χ0n) is 18.0. The minimum Gasteiger partial charge on any atom is -0.370 e. The van der Waals surface area contributed by atoms with E-state index < -0.39 is 5.91 Å². The van der Waals surface area contributed by atoms with E-state index in [1.807, 2.05) is 6.92 Å². The number of aryl methyl sites for hydroxylation is 1. The Labute approximate surface area is 185 Å². The van der Waals surface area contributed by atoms with Crippen LogP contribution in [-0.4, -0.2) is 39.1 Å². The van der Waals surface area contributed by atoms with Gasteiger partial charge in [0.25, 0.3) is 0 Å². The number of benzene rings is 1. The number of nitrogens with two attached hydrogens (primary N) is 1. The van der Waals surface area contributed by atoms with E-state index in [9.17, 15) is 18.8 Å². The average Bonchev–Trinajstić information content (AvgIpc) is 3.09. The second-order valence-corrected chi connectivity index (χ2v) is 8.32. The molecule has 9 heteroatoms. The van der Waals surface area contributed by atoms with Crippen LogP contribution < -0.4 is 10.6 Å². The molecule has 32 heavy (non-hydrogen) atoms. The topological polar surface area (TPSA) is 109 Å². The summed E-state index contributed by atoms with van der Waals surface area (Å²) in [5, 5.41) is 0. The first-order chi connectivity index (χ1) is 15.3. The van der Waals surface area contributed by atoms with Crippen LogP contribution in [0.25, 0.3) is 0 Å². The number of piperidine rings is 1. The van der Waals surface area contributed by atoms with E-state index in [0.717, 1.165) is 29.7 Å². The van der Waals surface area contributed by atoms with Crippen molar-refractivity contribution in [1.82, 2.24) is 14.9 Å². The Morgan fingerprint density at radius 3 is 2.62 bits per heavy atom. The Balaban J connectivity index is 1.63. The van der Waals surface area contributed by atoms with Gasteiger partial charge in [0.05, 0.1) is 19.0 Å². The van der Waals surface area contributed by atoms with E-state index in [2.05, 4.69) is 4.98 Å². The summed E-state index contributed by atoms with van der Waals surface area (Å²) in [6, 6.07) is 5.72. The molecule has 1 fully saturated rings. The molecule has 0 aliphatic carbocycles. The first kappa shape index (κ1) is 21.9. The van der Waals surface area contributed by atoms with Crippen molar-refractivity contribution in [3.05, 3.63) is 52.7 Å². The lowest BCUT2D eigenvalue weighted by Gasteiger charge is -2.35. The molecule has 4 rings (SSSR count). The molecule has 0 bridgehead atoms. The number of aromatic nitrogens is 2. The van der Waals surface area contributed by atoms with Gasteiger partial charge in [0.15, 0.2) is 5.82 Å². The fraction of sp³-hybridized carbons (Fsp3) is 0.435. The quantitative estimate of drug-likeness (QED) is 0.743. The molecule has 3 amide bonds. The molecule has 1 aromatic heterocycles. The SMILES string of the molecule is Cc1nc([C@H]2CCCCN2C(=O)CCC(N)=O)nc2c1CC(=O)N2Cc1ccc(F)cc1. The Morgan fingerprint density at radius 1 is 1.16 bits per heavy atom. The number of primary amides is 1. The first-order valence-electron chi connectivity index (χ1n) is 10.8. The summed E-state index contributed by atoms with van der Waals surface area (Å²) in [5.74, 6) is -0.0113. The second-order valence-electron chi connectivity index (χ2n) is 8.32. The highest BCUT2D eigenvalue weighted by atomic mass is 19.1. The smallest absolute Gasteiger partial charge is 0.233 e. The van der Waals surface area contributed by atoms with Crippen LogP contribution in [0.1, 0.15) is 60.8 Å².